The van der Waals surface area contributed by atoms with E-state index < -0.39 is 21.4 Å². The molecule has 0 aliphatic rings. The zero-order chi connectivity index (χ0) is 19.7. The van der Waals surface area contributed by atoms with Gasteiger partial charge in [-0.3, -0.25) is 13.9 Å². The van der Waals surface area contributed by atoms with Crippen LogP contribution in [0.15, 0.2) is 39.9 Å². The third kappa shape index (κ3) is 7.73. The summed E-state index contributed by atoms with van der Waals surface area (Å²) >= 11 is 0. The van der Waals surface area contributed by atoms with E-state index >= 15 is 0 Å². The van der Waals surface area contributed by atoms with E-state index in [1.807, 2.05) is 6.07 Å². The second-order valence-electron chi connectivity index (χ2n) is 4.25. The molecule has 0 amide bonds. The molecule has 0 bridgehead atoms. The van der Waals surface area contributed by atoms with Gasteiger partial charge in [0.05, 0.1) is 5.69 Å². The Hall–Kier alpha value is -2.98. The Morgan fingerprint density at radius 2 is 1.42 bits per heavy atom. The number of benzene rings is 1. The molecule has 0 spiro atoms. The van der Waals surface area contributed by atoms with Crippen LogP contribution in [0.5, 0.6) is 0 Å². The van der Waals surface area contributed by atoms with Crippen LogP contribution in [0.2, 0.25) is 0 Å². The fourth-order valence-corrected chi connectivity index (χ4v) is 1.70. The molecule has 0 aliphatic heterocycles. The van der Waals surface area contributed by atoms with Crippen molar-refractivity contribution in [3.63, 3.8) is 0 Å². The molecule has 14 heteroatoms. The normalized spacial score (nSPS) is 8.69. The van der Waals surface area contributed by atoms with Crippen LogP contribution in [-0.4, -0.2) is 57.0 Å². The van der Waals surface area contributed by atoms with Gasteiger partial charge in [0.2, 0.25) is 5.56 Å². The van der Waals surface area contributed by atoms with E-state index in [1.165, 1.54) is 11.6 Å². The monoisotopic (exact) mass is 561 g/mol. The predicted octanol–water partition coefficient (Wildman–Crippen LogP) is 0.452. The van der Waals surface area contributed by atoms with E-state index in [2.05, 4.69) is 0 Å². The minimum Gasteiger partial charge on any atom is -0.693 e. The third-order valence-corrected chi connectivity index (χ3v) is 2.71. The zero-order valence-electron chi connectivity index (χ0n) is 13.6. The van der Waals surface area contributed by atoms with Gasteiger partial charge in [0.25, 0.3) is 10.2 Å². The molecule has 26 heavy (non-hydrogen) atoms. The molecule has 3 N–H and O–H groups in total. The van der Waals surface area contributed by atoms with E-state index in [1.54, 1.807) is 31.2 Å². The van der Waals surface area contributed by atoms with Crippen molar-refractivity contribution in [3.8, 4) is 5.69 Å². The fourth-order valence-electron chi connectivity index (χ4n) is 1.70. The first kappa shape index (κ1) is 25.3. The van der Waals surface area contributed by atoms with Crippen molar-refractivity contribution < 1.29 is 20.6 Å². The van der Waals surface area contributed by atoms with Crippen LogP contribution >= 0.6 is 0 Å². The minimum absolute atomic E-state index is 0. The average Bonchev–Trinajstić information content (AvgIpc) is 2.51. The Bertz CT molecular complexity index is 844. The Balaban J connectivity index is 0. The van der Waals surface area contributed by atoms with Crippen LogP contribution in [-0.2, 0) is 7.05 Å². The largest absolute Gasteiger partial charge is 1.00 e. The summed E-state index contributed by atoms with van der Waals surface area (Å²) in [5, 5.41) is 27.3. The fraction of sp³-hybridized carbons (Fsp3) is 0.167. The van der Waals surface area contributed by atoms with Gasteiger partial charge in [0.1, 0.15) is 0 Å². The second-order valence-corrected chi connectivity index (χ2v) is 4.25. The van der Waals surface area contributed by atoms with Crippen LogP contribution in [0.4, 0.5) is 5.69 Å². The maximum absolute atomic E-state index is 12.0. The van der Waals surface area contributed by atoms with Crippen LogP contribution in [0.3, 0.4) is 0 Å². The standard InChI is InChI=1S/C12H12N3O2.2HNO3.Tl/c1-8-10(13)11(16)14(2)12(17)15(8)9-6-4-3-5-7-9;2*2-1(3)4;/h3-7,13H,1-2H3;2*(H,2,3,4);/q-1;;;+1. The van der Waals surface area contributed by atoms with E-state index in [-0.39, 0.29) is 33.0 Å². The van der Waals surface area contributed by atoms with Crippen molar-refractivity contribution in [2.24, 2.45) is 7.05 Å². The number of para-hydroxylation sites is 1. The Morgan fingerprint density at radius 1 is 1.04 bits per heavy atom. The molecule has 138 valence electrons. The first-order chi connectivity index (χ1) is 11.5. The Kier molecular flexibility index (Phi) is 11.2. The molecule has 1 aromatic carbocycles. The van der Waals surface area contributed by atoms with Crippen LogP contribution in [0, 0.1) is 27.2 Å². The van der Waals surface area contributed by atoms with Gasteiger partial charge >= 0.3 is 33.0 Å². The number of nitrogens with one attached hydrogen (secondary N) is 1. The molecule has 0 radical (unpaired) electrons. The Morgan fingerprint density at radius 3 is 1.81 bits per heavy atom. The Labute approximate surface area is 165 Å². The number of aromatic nitrogens is 2. The van der Waals surface area contributed by atoms with Gasteiger partial charge in [-0.05, 0) is 19.1 Å². The summed E-state index contributed by atoms with van der Waals surface area (Å²) in [5.41, 5.74) is 7.52. The van der Waals surface area contributed by atoms with E-state index in [4.69, 9.17) is 36.4 Å². The van der Waals surface area contributed by atoms with Crippen LogP contribution in [0.1, 0.15) is 5.69 Å². The van der Waals surface area contributed by atoms with Crippen molar-refractivity contribution in [2.75, 3.05) is 0 Å². The molecule has 0 saturated heterocycles. The summed E-state index contributed by atoms with van der Waals surface area (Å²) < 4.78 is 2.31. The molecular formula is C12H14N5O8Tl. The van der Waals surface area contributed by atoms with Crippen molar-refractivity contribution in [1.82, 2.24) is 9.13 Å². The molecule has 2 rings (SSSR count). The maximum atomic E-state index is 12.0. The molecule has 0 unspecified atom stereocenters. The smallest absolute Gasteiger partial charge is 0.693 e. The van der Waals surface area contributed by atoms with Gasteiger partial charge in [-0.1, -0.05) is 23.9 Å². The van der Waals surface area contributed by atoms with Crippen LogP contribution in [0.25, 0.3) is 11.4 Å². The minimum atomic E-state index is -1.50. The molecule has 0 saturated carbocycles. The van der Waals surface area contributed by atoms with E-state index in [9.17, 15) is 9.59 Å². The first-order valence-corrected chi connectivity index (χ1v) is 6.26. The number of nitrogens with zero attached hydrogens (tertiary/aromatic N) is 4. The van der Waals surface area contributed by atoms with E-state index in [0.717, 1.165) is 4.57 Å². The van der Waals surface area contributed by atoms with Crippen molar-refractivity contribution in [1.29, 1.82) is 0 Å². The number of hydrogen-bond acceptors (Lipinski definition) is 6. The molecular weight excluding hydrogens is 547 g/mol. The van der Waals surface area contributed by atoms with Crippen molar-refractivity contribution in [2.45, 2.75) is 6.92 Å². The molecule has 0 aliphatic carbocycles. The molecule has 2 aromatic rings. The molecule has 1 heterocycles. The molecule has 0 fully saturated rings. The maximum Gasteiger partial charge on any atom is 1.00 e. The summed E-state index contributed by atoms with van der Waals surface area (Å²) in [5.74, 6) is 0. The average molecular weight is 561 g/mol. The molecule has 0 atom stereocenters. The van der Waals surface area contributed by atoms with Crippen LogP contribution < -0.4 is 11.2 Å². The van der Waals surface area contributed by atoms with Crippen molar-refractivity contribution in [3.05, 3.63) is 82.8 Å². The second kappa shape index (κ2) is 11.6. The summed E-state index contributed by atoms with van der Waals surface area (Å²) in [6, 6.07) is 8.97. The summed E-state index contributed by atoms with van der Waals surface area (Å²) in [7, 11) is 1.38. The molecule has 1 aromatic heterocycles. The van der Waals surface area contributed by atoms with Gasteiger partial charge in [-0.25, -0.2) is 4.79 Å². The predicted molar refractivity (Wildman–Crippen MR) is 89.3 cm³/mol. The first-order valence-electron chi connectivity index (χ1n) is 6.26. The topological polar surface area (TPSA) is 195 Å². The SMILES string of the molecule is Cc1c([NH-])c(=O)n(C)c(=O)n1-c1ccccc1.O=[N+]([O-])O.O=[N+]([O-])O.[Tl+]. The zero-order valence-corrected chi connectivity index (χ0v) is 18.1. The van der Waals surface area contributed by atoms with Gasteiger partial charge < -0.3 is 16.1 Å². The van der Waals surface area contributed by atoms with Gasteiger partial charge in [0.15, 0.2) is 0 Å². The third-order valence-electron chi connectivity index (χ3n) is 2.71. The number of rotatable bonds is 1. The van der Waals surface area contributed by atoms with Gasteiger partial charge in [0, 0.05) is 12.7 Å². The van der Waals surface area contributed by atoms with Gasteiger partial charge in [-0.2, -0.15) is 0 Å². The van der Waals surface area contributed by atoms with Gasteiger partial charge in [-0.15, -0.1) is 20.2 Å². The quantitative estimate of drug-likeness (QED) is 0.285. The summed E-state index contributed by atoms with van der Waals surface area (Å²) in [6.07, 6.45) is 0. The molecule has 13 nitrogen and oxygen atoms in total. The number of hydrogen-bond donors (Lipinski definition) is 2. The summed E-state index contributed by atoms with van der Waals surface area (Å²) in [6.45, 7) is 1.60. The van der Waals surface area contributed by atoms with E-state index in [0.29, 0.717) is 11.4 Å². The summed E-state index contributed by atoms with van der Waals surface area (Å²) in [4.78, 5) is 40.3. The van der Waals surface area contributed by atoms with Crippen molar-refractivity contribution >= 4 is 33.0 Å².